The second-order valence-corrected chi connectivity index (χ2v) is 6.15. The summed E-state index contributed by atoms with van der Waals surface area (Å²) in [6.45, 7) is 8.99. The van der Waals surface area contributed by atoms with Crippen LogP contribution in [0.15, 0.2) is 4.99 Å². The standard InChI is InChI=1S/C17H33N5O2/c1-4-7-9-14(8-5-2)12-20-16(18-6-3)19-10-11-22-15(23)13-21-17(22)24/h14H,4-13H2,1-3H3,(H,21,24)(H2,18,19,20). The summed E-state index contributed by atoms with van der Waals surface area (Å²) in [6.07, 6.45) is 6.06. The number of carbonyl (C=O) groups excluding carboxylic acids is 2. The highest BCUT2D eigenvalue weighted by atomic mass is 16.2. The predicted octanol–water partition coefficient (Wildman–Crippen LogP) is 1.70. The minimum atomic E-state index is -0.314. The van der Waals surface area contributed by atoms with Gasteiger partial charge in [0.1, 0.15) is 0 Å². The number of amides is 3. The van der Waals surface area contributed by atoms with Gasteiger partial charge in [0.15, 0.2) is 5.96 Å². The normalized spacial score (nSPS) is 16.3. The van der Waals surface area contributed by atoms with E-state index in [1.807, 2.05) is 6.92 Å². The minimum absolute atomic E-state index is 0.100. The maximum Gasteiger partial charge on any atom is 0.324 e. The largest absolute Gasteiger partial charge is 0.357 e. The van der Waals surface area contributed by atoms with E-state index in [-0.39, 0.29) is 18.5 Å². The number of hydrogen-bond acceptors (Lipinski definition) is 3. The fourth-order valence-corrected chi connectivity index (χ4v) is 2.76. The van der Waals surface area contributed by atoms with Gasteiger partial charge in [-0.25, -0.2) is 4.79 Å². The summed E-state index contributed by atoms with van der Waals surface area (Å²) < 4.78 is 0. The zero-order valence-electron chi connectivity index (χ0n) is 15.4. The van der Waals surface area contributed by atoms with Gasteiger partial charge in [0.25, 0.3) is 0 Å². The summed E-state index contributed by atoms with van der Waals surface area (Å²) in [4.78, 5) is 28.9. The van der Waals surface area contributed by atoms with Crippen molar-refractivity contribution < 1.29 is 9.59 Å². The van der Waals surface area contributed by atoms with E-state index in [0.29, 0.717) is 19.0 Å². The number of nitrogens with one attached hydrogen (secondary N) is 3. The molecule has 0 spiro atoms. The molecule has 138 valence electrons. The molecular weight excluding hydrogens is 306 g/mol. The van der Waals surface area contributed by atoms with Crippen LogP contribution in [-0.4, -0.2) is 55.5 Å². The summed E-state index contributed by atoms with van der Waals surface area (Å²) in [6, 6.07) is -0.314. The van der Waals surface area contributed by atoms with Crippen LogP contribution in [0.1, 0.15) is 52.9 Å². The van der Waals surface area contributed by atoms with Crippen molar-refractivity contribution in [1.29, 1.82) is 0 Å². The molecule has 3 N–H and O–H groups in total. The molecule has 7 heteroatoms. The molecule has 0 aromatic carbocycles. The van der Waals surface area contributed by atoms with Gasteiger partial charge >= 0.3 is 6.03 Å². The van der Waals surface area contributed by atoms with Crippen molar-refractivity contribution in [3.05, 3.63) is 0 Å². The van der Waals surface area contributed by atoms with Gasteiger partial charge in [-0.3, -0.25) is 14.7 Å². The van der Waals surface area contributed by atoms with Crippen molar-refractivity contribution in [3.8, 4) is 0 Å². The van der Waals surface area contributed by atoms with E-state index < -0.39 is 0 Å². The lowest BCUT2D eigenvalue weighted by molar-refractivity contribution is -0.124. The highest BCUT2D eigenvalue weighted by Gasteiger charge is 2.27. The van der Waals surface area contributed by atoms with Crippen molar-refractivity contribution in [1.82, 2.24) is 20.9 Å². The summed E-state index contributed by atoms with van der Waals surface area (Å²) in [7, 11) is 0. The highest BCUT2D eigenvalue weighted by Crippen LogP contribution is 2.15. The molecule has 1 aliphatic heterocycles. The molecule has 0 aliphatic carbocycles. The zero-order valence-corrected chi connectivity index (χ0v) is 15.4. The fraction of sp³-hybridized carbons (Fsp3) is 0.824. The smallest absolute Gasteiger partial charge is 0.324 e. The molecule has 1 unspecified atom stereocenters. The molecule has 1 rings (SSSR count). The maximum absolute atomic E-state index is 11.5. The molecule has 3 amide bonds. The third-order valence-electron chi connectivity index (χ3n) is 4.08. The molecule has 1 saturated heterocycles. The molecular formula is C17H33N5O2. The van der Waals surface area contributed by atoms with E-state index in [0.717, 1.165) is 19.0 Å². The Hall–Kier alpha value is -1.79. The Morgan fingerprint density at radius 2 is 2.00 bits per heavy atom. The average molecular weight is 339 g/mol. The van der Waals surface area contributed by atoms with Gasteiger partial charge in [0.2, 0.25) is 5.91 Å². The SMILES string of the molecule is CCCCC(CCC)CN=C(NCC)NCCN1C(=O)CNC1=O. The van der Waals surface area contributed by atoms with Crippen molar-refractivity contribution in [2.24, 2.45) is 10.9 Å². The molecule has 0 bridgehead atoms. The molecule has 1 aliphatic rings. The van der Waals surface area contributed by atoms with Crippen LogP contribution in [0.5, 0.6) is 0 Å². The lowest BCUT2D eigenvalue weighted by Crippen LogP contribution is -2.43. The summed E-state index contributed by atoms with van der Waals surface area (Å²) >= 11 is 0. The molecule has 1 heterocycles. The average Bonchev–Trinajstić information content (AvgIpc) is 2.89. The van der Waals surface area contributed by atoms with E-state index in [1.165, 1.54) is 37.0 Å². The summed E-state index contributed by atoms with van der Waals surface area (Å²) in [5, 5.41) is 8.95. The van der Waals surface area contributed by atoms with E-state index in [1.54, 1.807) is 0 Å². The van der Waals surface area contributed by atoms with Crippen molar-refractivity contribution in [2.75, 3.05) is 32.7 Å². The van der Waals surface area contributed by atoms with Crippen LogP contribution in [0.4, 0.5) is 4.79 Å². The first kappa shape index (κ1) is 20.3. The molecule has 0 aromatic heterocycles. The number of imide groups is 1. The maximum atomic E-state index is 11.5. The second kappa shape index (κ2) is 11.7. The summed E-state index contributed by atoms with van der Waals surface area (Å²) in [5.74, 6) is 1.20. The van der Waals surface area contributed by atoms with Gasteiger partial charge in [-0.2, -0.15) is 0 Å². The third kappa shape index (κ3) is 7.19. The monoisotopic (exact) mass is 339 g/mol. The number of guanidine groups is 1. The van der Waals surface area contributed by atoms with Gasteiger partial charge in [0.05, 0.1) is 6.54 Å². The molecule has 0 saturated carbocycles. The first-order chi connectivity index (χ1) is 11.6. The number of rotatable bonds is 11. The fourth-order valence-electron chi connectivity index (χ4n) is 2.76. The summed E-state index contributed by atoms with van der Waals surface area (Å²) in [5.41, 5.74) is 0. The number of nitrogens with zero attached hydrogens (tertiary/aromatic N) is 2. The van der Waals surface area contributed by atoms with Crippen LogP contribution in [0, 0.1) is 5.92 Å². The molecule has 7 nitrogen and oxygen atoms in total. The minimum Gasteiger partial charge on any atom is -0.357 e. The van der Waals surface area contributed by atoms with Crippen molar-refractivity contribution >= 4 is 17.9 Å². The Labute approximate surface area is 145 Å². The first-order valence-corrected chi connectivity index (χ1v) is 9.22. The number of urea groups is 1. The topological polar surface area (TPSA) is 85.8 Å². The first-order valence-electron chi connectivity index (χ1n) is 9.22. The Bertz CT molecular complexity index is 409. The Balaban J connectivity index is 2.45. The van der Waals surface area contributed by atoms with Crippen LogP contribution < -0.4 is 16.0 Å². The van der Waals surface area contributed by atoms with Gasteiger partial charge in [-0.05, 0) is 25.7 Å². The lowest BCUT2D eigenvalue weighted by Gasteiger charge is -2.17. The number of hydrogen-bond donors (Lipinski definition) is 3. The van der Waals surface area contributed by atoms with Crippen molar-refractivity contribution in [2.45, 2.75) is 52.9 Å². The molecule has 1 atom stereocenters. The van der Waals surface area contributed by atoms with Crippen LogP contribution in [0.25, 0.3) is 0 Å². The predicted molar refractivity (Wildman–Crippen MR) is 97.0 cm³/mol. The third-order valence-corrected chi connectivity index (χ3v) is 4.08. The van der Waals surface area contributed by atoms with Crippen LogP contribution in [0.2, 0.25) is 0 Å². The van der Waals surface area contributed by atoms with Gasteiger partial charge in [-0.1, -0.05) is 33.1 Å². The van der Waals surface area contributed by atoms with Gasteiger partial charge in [-0.15, -0.1) is 0 Å². The van der Waals surface area contributed by atoms with Crippen LogP contribution in [0.3, 0.4) is 0 Å². The molecule has 0 aromatic rings. The highest BCUT2D eigenvalue weighted by molar-refractivity contribution is 6.01. The lowest BCUT2D eigenvalue weighted by atomic mass is 9.97. The number of carbonyl (C=O) groups is 2. The van der Waals surface area contributed by atoms with E-state index in [4.69, 9.17) is 0 Å². The molecule has 1 fully saturated rings. The Kier molecular flexibility index (Phi) is 9.88. The van der Waals surface area contributed by atoms with Crippen molar-refractivity contribution in [3.63, 3.8) is 0 Å². The second-order valence-electron chi connectivity index (χ2n) is 6.15. The number of unbranched alkanes of at least 4 members (excludes halogenated alkanes) is 1. The van der Waals surface area contributed by atoms with E-state index in [2.05, 4.69) is 34.8 Å². The molecule has 24 heavy (non-hydrogen) atoms. The Morgan fingerprint density at radius 3 is 2.58 bits per heavy atom. The van der Waals surface area contributed by atoms with Gasteiger partial charge < -0.3 is 16.0 Å². The van der Waals surface area contributed by atoms with E-state index in [9.17, 15) is 9.59 Å². The van der Waals surface area contributed by atoms with Gasteiger partial charge in [0, 0.05) is 26.2 Å². The number of aliphatic imine (C=N–C) groups is 1. The van der Waals surface area contributed by atoms with Crippen LogP contribution >= 0.6 is 0 Å². The quantitative estimate of drug-likeness (QED) is 0.304. The van der Waals surface area contributed by atoms with E-state index >= 15 is 0 Å². The molecule has 0 radical (unpaired) electrons. The Morgan fingerprint density at radius 1 is 1.21 bits per heavy atom. The zero-order chi connectivity index (χ0) is 17.8. The van der Waals surface area contributed by atoms with Crippen LogP contribution in [-0.2, 0) is 4.79 Å².